The quantitative estimate of drug-likeness (QED) is 0.765. The van der Waals surface area contributed by atoms with Crippen LogP contribution in [0.15, 0.2) is 0 Å². The molecule has 2 aliphatic rings. The molecule has 94 valence electrons. The molecule has 2 atom stereocenters. The fourth-order valence-corrected chi connectivity index (χ4v) is 3.26. The minimum atomic E-state index is 0.751. The van der Waals surface area contributed by atoms with E-state index in [1.54, 1.807) is 0 Å². The predicted molar refractivity (Wildman–Crippen MR) is 68.5 cm³/mol. The maximum Gasteiger partial charge on any atom is 0.0254 e. The van der Waals surface area contributed by atoms with Crippen molar-refractivity contribution in [2.75, 3.05) is 27.2 Å². The summed E-state index contributed by atoms with van der Waals surface area (Å²) in [5.41, 5.74) is 5.77. The zero-order valence-corrected chi connectivity index (χ0v) is 10.9. The van der Waals surface area contributed by atoms with Crippen LogP contribution < -0.4 is 5.73 Å². The first-order chi connectivity index (χ1) is 7.74. The highest BCUT2D eigenvalue weighted by molar-refractivity contribution is 4.95. The van der Waals surface area contributed by atoms with Crippen molar-refractivity contribution in [3.05, 3.63) is 0 Å². The van der Waals surface area contributed by atoms with Crippen LogP contribution in [0.2, 0.25) is 0 Å². The highest BCUT2D eigenvalue weighted by atomic mass is 15.3. The molecule has 2 fully saturated rings. The van der Waals surface area contributed by atoms with Gasteiger partial charge in [-0.3, -0.25) is 4.90 Å². The molecule has 0 bridgehead atoms. The Bertz CT molecular complexity index is 213. The van der Waals surface area contributed by atoms with Crippen molar-refractivity contribution in [1.82, 2.24) is 9.80 Å². The lowest BCUT2D eigenvalue weighted by Gasteiger charge is -2.43. The van der Waals surface area contributed by atoms with Crippen LogP contribution in [0.25, 0.3) is 0 Å². The minimum Gasteiger partial charge on any atom is -0.329 e. The first kappa shape index (κ1) is 12.3. The minimum absolute atomic E-state index is 0.751. The molecule has 3 nitrogen and oxygen atoms in total. The molecule has 0 unspecified atom stereocenters. The second-order valence-electron chi connectivity index (χ2n) is 5.64. The molecule has 0 aromatic carbocycles. The van der Waals surface area contributed by atoms with Crippen LogP contribution >= 0.6 is 0 Å². The van der Waals surface area contributed by atoms with E-state index in [9.17, 15) is 0 Å². The van der Waals surface area contributed by atoms with Gasteiger partial charge in [-0.15, -0.1) is 0 Å². The molecule has 3 heteroatoms. The van der Waals surface area contributed by atoms with E-state index in [1.807, 2.05) is 0 Å². The molecule has 0 saturated heterocycles. The average molecular weight is 225 g/mol. The van der Waals surface area contributed by atoms with Gasteiger partial charge in [0.1, 0.15) is 0 Å². The molecule has 0 radical (unpaired) electrons. The summed E-state index contributed by atoms with van der Waals surface area (Å²) < 4.78 is 0. The topological polar surface area (TPSA) is 32.5 Å². The Balaban J connectivity index is 2.01. The van der Waals surface area contributed by atoms with Crippen molar-refractivity contribution < 1.29 is 0 Å². The van der Waals surface area contributed by atoms with Crippen molar-refractivity contribution in [1.29, 1.82) is 0 Å². The molecule has 2 aliphatic carbocycles. The third-order valence-electron chi connectivity index (χ3n) is 4.19. The highest BCUT2D eigenvalue weighted by Crippen LogP contribution is 2.34. The van der Waals surface area contributed by atoms with Crippen molar-refractivity contribution in [3.8, 4) is 0 Å². The van der Waals surface area contributed by atoms with Gasteiger partial charge in [0.25, 0.3) is 0 Å². The standard InChI is InChI=1S/C13H27N3/c1-15(2)12-5-3-4-6-13(12)16(10-9-14)11-7-8-11/h11-13H,3-10,14H2,1-2H3/t12-,13-/m0/s1. The lowest BCUT2D eigenvalue weighted by Crippen LogP contribution is -2.53. The van der Waals surface area contributed by atoms with Crippen LogP contribution in [0.1, 0.15) is 38.5 Å². The van der Waals surface area contributed by atoms with Crippen molar-refractivity contribution in [2.45, 2.75) is 56.7 Å². The molecular weight excluding hydrogens is 198 g/mol. The smallest absolute Gasteiger partial charge is 0.0254 e. The summed E-state index contributed by atoms with van der Waals surface area (Å²) in [6, 6.07) is 2.37. The summed E-state index contributed by atoms with van der Waals surface area (Å²) in [5, 5.41) is 0. The van der Waals surface area contributed by atoms with Gasteiger partial charge in [-0.25, -0.2) is 0 Å². The molecule has 16 heavy (non-hydrogen) atoms. The van der Waals surface area contributed by atoms with E-state index in [2.05, 4.69) is 23.9 Å². The van der Waals surface area contributed by atoms with Gasteiger partial charge in [0.2, 0.25) is 0 Å². The number of hydrogen-bond donors (Lipinski definition) is 1. The zero-order chi connectivity index (χ0) is 11.5. The van der Waals surface area contributed by atoms with Crippen LogP contribution in [-0.4, -0.2) is 55.1 Å². The molecule has 0 heterocycles. The predicted octanol–water partition coefficient (Wildman–Crippen LogP) is 1.28. The summed E-state index contributed by atoms with van der Waals surface area (Å²) >= 11 is 0. The Kier molecular flexibility index (Phi) is 4.22. The van der Waals surface area contributed by atoms with Crippen molar-refractivity contribution in [2.24, 2.45) is 5.73 Å². The van der Waals surface area contributed by atoms with Gasteiger partial charge < -0.3 is 10.6 Å². The lowest BCUT2D eigenvalue weighted by molar-refractivity contribution is 0.0700. The Labute approximate surface area is 100.0 Å². The van der Waals surface area contributed by atoms with Crippen molar-refractivity contribution in [3.63, 3.8) is 0 Å². The summed E-state index contributed by atoms with van der Waals surface area (Å²) in [7, 11) is 4.47. The van der Waals surface area contributed by atoms with E-state index in [0.717, 1.165) is 31.2 Å². The fourth-order valence-electron chi connectivity index (χ4n) is 3.26. The number of likely N-dealkylation sites (N-methyl/N-ethyl adjacent to an activating group) is 1. The van der Waals surface area contributed by atoms with Crippen molar-refractivity contribution >= 4 is 0 Å². The van der Waals surface area contributed by atoms with E-state index in [1.165, 1.54) is 38.5 Å². The average Bonchev–Trinajstić information content (AvgIpc) is 3.10. The van der Waals surface area contributed by atoms with E-state index in [-0.39, 0.29) is 0 Å². The lowest BCUT2D eigenvalue weighted by atomic mass is 9.88. The molecule has 0 aromatic heterocycles. The monoisotopic (exact) mass is 225 g/mol. The molecule has 2 N–H and O–H groups in total. The normalized spacial score (nSPS) is 31.3. The molecular formula is C13H27N3. The second kappa shape index (κ2) is 5.48. The Hall–Kier alpha value is -0.120. The number of nitrogens with two attached hydrogens (primary N) is 1. The molecule has 2 rings (SSSR count). The third kappa shape index (κ3) is 2.76. The molecule has 2 saturated carbocycles. The van der Waals surface area contributed by atoms with Gasteiger partial charge in [0.05, 0.1) is 0 Å². The Morgan fingerprint density at radius 2 is 1.62 bits per heavy atom. The largest absolute Gasteiger partial charge is 0.329 e. The molecule has 0 amide bonds. The van der Waals surface area contributed by atoms with Gasteiger partial charge in [-0.2, -0.15) is 0 Å². The van der Waals surface area contributed by atoms with Gasteiger partial charge in [0, 0.05) is 31.2 Å². The van der Waals surface area contributed by atoms with E-state index in [4.69, 9.17) is 5.73 Å². The van der Waals surface area contributed by atoms with E-state index >= 15 is 0 Å². The Morgan fingerprint density at radius 1 is 1.00 bits per heavy atom. The van der Waals surface area contributed by atoms with E-state index < -0.39 is 0 Å². The number of rotatable bonds is 5. The summed E-state index contributed by atoms with van der Waals surface area (Å²) in [6.07, 6.45) is 8.35. The fraction of sp³-hybridized carbons (Fsp3) is 1.00. The van der Waals surface area contributed by atoms with Gasteiger partial charge >= 0.3 is 0 Å². The Morgan fingerprint density at radius 3 is 2.12 bits per heavy atom. The number of hydrogen-bond acceptors (Lipinski definition) is 3. The van der Waals surface area contributed by atoms with Crippen LogP contribution in [0, 0.1) is 0 Å². The van der Waals surface area contributed by atoms with Gasteiger partial charge in [0.15, 0.2) is 0 Å². The molecule has 0 aliphatic heterocycles. The van der Waals surface area contributed by atoms with Crippen LogP contribution in [0.4, 0.5) is 0 Å². The summed E-state index contributed by atoms with van der Waals surface area (Å²) in [6.45, 7) is 1.91. The van der Waals surface area contributed by atoms with Gasteiger partial charge in [-0.05, 0) is 39.8 Å². The zero-order valence-electron chi connectivity index (χ0n) is 10.9. The first-order valence-electron chi connectivity index (χ1n) is 6.86. The maximum atomic E-state index is 5.77. The number of nitrogens with zero attached hydrogens (tertiary/aromatic N) is 2. The SMILES string of the molecule is CN(C)[C@H]1CCCC[C@@H]1N(CCN)C1CC1. The highest BCUT2D eigenvalue weighted by Gasteiger charge is 2.38. The maximum absolute atomic E-state index is 5.77. The van der Waals surface area contributed by atoms with Crippen LogP contribution in [-0.2, 0) is 0 Å². The summed E-state index contributed by atoms with van der Waals surface area (Å²) in [5.74, 6) is 0. The molecule has 0 aromatic rings. The molecule has 0 spiro atoms. The third-order valence-corrected chi connectivity index (χ3v) is 4.19. The van der Waals surface area contributed by atoms with E-state index in [0.29, 0.717) is 0 Å². The first-order valence-corrected chi connectivity index (χ1v) is 6.86. The van der Waals surface area contributed by atoms with Crippen LogP contribution in [0.5, 0.6) is 0 Å². The van der Waals surface area contributed by atoms with Gasteiger partial charge in [-0.1, -0.05) is 12.8 Å². The summed E-state index contributed by atoms with van der Waals surface area (Å²) in [4.78, 5) is 5.14. The second-order valence-corrected chi connectivity index (χ2v) is 5.64. The van der Waals surface area contributed by atoms with Crippen LogP contribution in [0.3, 0.4) is 0 Å².